The minimum Gasteiger partial charge on any atom is -0.212 e. The summed E-state index contributed by atoms with van der Waals surface area (Å²) in [7, 11) is -1.35. The van der Waals surface area contributed by atoms with Crippen LogP contribution in [-0.2, 0) is 10.0 Å². The fourth-order valence-corrected chi connectivity index (χ4v) is 2.77. The first-order chi connectivity index (χ1) is 6.25. The summed E-state index contributed by atoms with van der Waals surface area (Å²) in [6.07, 6.45) is 0.741. The van der Waals surface area contributed by atoms with Crippen LogP contribution in [0.25, 0.3) is 0 Å². The maximum absolute atomic E-state index is 11.7. The van der Waals surface area contributed by atoms with Crippen LogP contribution in [0.1, 0.15) is 34.1 Å². The van der Waals surface area contributed by atoms with Gasteiger partial charge in [0.25, 0.3) is 0 Å². The standard InChI is InChI=1S/C10H23NO2S/c1-9(2)6-7-14(12,13)11(5)8-10(3)4/h9-10H,6-8H2,1-5H3. The summed E-state index contributed by atoms with van der Waals surface area (Å²) in [4.78, 5) is 0. The molecule has 0 aliphatic heterocycles. The highest BCUT2D eigenvalue weighted by Gasteiger charge is 2.18. The van der Waals surface area contributed by atoms with Gasteiger partial charge in [0.05, 0.1) is 5.75 Å². The molecule has 0 aliphatic rings. The lowest BCUT2D eigenvalue weighted by molar-refractivity contribution is 0.414. The van der Waals surface area contributed by atoms with Crippen LogP contribution in [0, 0.1) is 11.8 Å². The summed E-state index contributed by atoms with van der Waals surface area (Å²) in [6.45, 7) is 8.74. The van der Waals surface area contributed by atoms with Crippen LogP contribution in [-0.4, -0.2) is 32.1 Å². The van der Waals surface area contributed by atoms with Gasteiger partial charge in [-0.3, -0.25) is 0 Å². The van der Waals surface area contributed by atoms with Gasteiger partial charge in [-0.05, 0) is 18.3 Å². The third-order valence-corrected chi connectivity index (χ3v) is 3.90. The molecule has 3 nitrogen and oxygen atoms in total. The molecule has 0 aromatic carbocycles. The van der Waals surface area contributed by atoms with Gasteiger partial charge in [-0.1, -0.05) is 27.7 Å². The molecule has 0 atom stereocenters. The summed E-state index contributed by atoms with van der Waals surface area (Å²) < 4.78 is 24.9. The monoisotopic (exact) mass is 221 g/mol. The van der Waals surface area contributed by atoms with Gasteiger partial charge in [0.15, 0.2) is 0 Å². The Morgan fingerprint density at radius 1 is 1.07 bits per heavy atom. The molecule has 0 saturated heterocycles. The van der Waals surface area contributed by atoms with Crippen molar-refractivity contribution >= 4 is 10.0 Å². The van der Waals surface area contributed by atoms with Gasteiger partial charge in [-0.15, -0.1) is 0 Å². The van der Waals surface area contributed by atoms with Gasteiger partial charge in [0.2, 0.25) is 10.0 Å². The zero-order valence-electron chi connectivity index (χ0n) is 9.95. The largest absolute Gasteiger partial charge is 0.213 e. The van der Waals surface area contributed by atoms with Crippen molar-refractivity contribution in [2.75, 3.05) is 19.3 Å². The molecule has 0 amide bonds. The Morgan fingerprint density at radius 2 is 1.57 bits per heavy atom. The Balaban J connectivity index is 4.17. The van der Waals surface area contributed by atoms with E-state index in [1.807, 2.05) is 27.7 Å². The van der Waals surface area contributed by atoms with Crippen LogP contribution >= 0.6 is 0 Å². The smallest absolute Gasteiger partial charge is 0.212 e. The van der Waals surface area contributed by atoms with E-state index >= 15 is 0 Å². The maximum atomic E-state index is 11.7. The van der Waals surface area contributed by atoms with Gasteiger partial charge in [-0.2, -0.15) is 0 Å². The quantitative estimate of drug-likeness (QED) is 0.687. The molecule has 0 heterocycles. The van der Waals surface area contributed by atoms with Crippen molar-refractivity contribution in [3.63, 3.8) is 0 Å². The first-order valence-electron chi connectivity index (χ1n) is 5.19. The summed E-state index contributed by atoms with van der Waals surface area (Å²) in [6, 6.07) is 0. The Kier molecular flexibility index (Phi) is 5.67. The molecule has 0 bridgehead atoms. The lowest BCUT2D eigenvalue weighted by atomic mass is 10.2. The molecular weight excluding hydrogens is 198 g/mol. The summed E-state index contributed by atoms with van der Waals surface area (Å²) in [5.74, 6) is 1.10. The van der Waals surface area contributed by atoms with E-state index in [-0.39, 0.29) is 5.75 Å². The summed E-state index contributed by atoms with van der Waals surface area (Å²) in [5, 5.41) is 0. The number of hydrogen-bond donors (Lipinski definition) is 0. The van der Waals surface area contributed by atoms with E-state index in [9.17, 15) is 8.42 Å². The molecule has 0 radical (unpaired) electrons. The van der Waals surface area contributed by atoms with Crippen LogP contribution in [0.4, 0.5) is 0 Å². The molecule has 0 fully saturated rings. The molecule has 0 N–H and O–H groups in total. The topological polar surface area (TPSA) is 37.4 Å². The Hall–Kier alpha value is -0.0900. The van der Waals surface area contributed by atoms with Crippen LogP contribution < -0.4 is 0 Å². The minimum absolute atomic E-state index is 0.272. The van der Waals surface area contributed by atoms with Gasteiger partial charge in [0.1, 0.15) is 0 Å². The van der Waals surface area contributed by atoms with E-state index in [2.05, 4.69) is 0 Å². The van der Waals surface area contributed by atoms with E-state index in [0.717, 1.165) is 6.42 Å². The van der Waals surface area contributed by atoms with E-state index < -0.39 is 10.0 Å². The fraction of sp³-hybridized carbons (Fsp3) is 1.00. The SMILES string of the molecule is CC(C)CCS(=O)(=O)N(C)CC(C)C. The van der Waals surface area contributed by atoms with E-state index in [4.69, 9.17) is 0 Å². The molecule has 0 unspecified atom stereocenters. The fourth-order valence-electron chi connectivity index (χ4n) is 1.17. The number of sulfonamides is 1. The molecule has 86 valence electrons. The highest BCUT2D eigenvalue weighted by Crippen LogP contribution is 2.08. The van der Waals surface area contributed by atoms with Crippen molar-refractivity contribution in [3.05, 3.63) is 0 Å². The molecule has 0 aliphatic carbocycles. The summed E-state index contributed by atoms with van der Waals surface area (Å²) in [5.41, 5.74) is 0. The Morgan fingerprint density at radius 3 is 1.93 bits per heavy atom. The van der Waals surface area contributed by atoms with E-state index in [0.29, 0.717) is 18.4 Å². The predicted molar refractivity (Wildman–Crippen MR) is 60.7 cm³/mol. The first-order valence-corrected chi connectivity index (χ1v) is 6.80. The molecule has 14 heavy (non-hydrogen) atoms. The van der Waals surface area contributed by atoms with Gasteiger partial charge in [-0.25, -0.2) is 12.7 Å². The molecule has 0 spiro atoms. The van der Waals surface area contributed by atoms with Gasteiger partial charge in [0, 0.05) is 13.6 Å². The second-order valence-electron chi connectivity index (χ2n) is 4.67. The zero-order valence-corrected chi connectivity index (χ0v) is 10.8. The van der Waals surface area contributed by atoms with E-state index in [1.165, 1.54) is 4.31 Å². The molecule has 0 saturated carbocycles. The minimum atomic E-state index is -3.02. The number of nitrogens with zero attached hydrogens (tertiary/aromatic N) is 1. The van der Waals surface area contributed by atoms with Crippen molar-refractivity contribution in [2.24, 2.45) is 11.8 Å². The van der Waals surface area contributed by atoms with Crippen LogP contribution in [0.2, 0.25) is 0 Å². The zero-order chi connectivity index (χ0) is 11.4. The number of hydrogen-bond acceptors (Lipinski definition) is 2. The van der Waals surface area contributed by atoms with Crippen molar-refractivity contribution < 1.29 is 8.42 Å². The highest BCUT2D eigenvalue weighted by molar-refractivity contribution is 7.89. The third-order valence-electron chi connectivity index (χ3n) is 2.05. The Labute approximate surface area is 88.5 Å². The summed E-state index contributed by atoms with van der Waals surface area (Å²) >= 11 is 0. The second-order valence-corrected chi connectivity index (χ2v) is 6.87. The van der Waals surface area contributed by atoms with Crippen LogP contribution in [0.3, 0.4) is 0 Å². The van der Waals surface area contributed by atoms with Crippen molar-refractivity contribution in [2.45, 2.75) is 34.1 Å². The van der Waals surface area contributed by atoms with Crippen molar-refractivity contribution in [3.8, 4) is 0 Å². The van der Waals surface area contributed by atoms with Gasteiger partial charge >= 0.3 is 0 Å². The van der Waals surface area contributed by atoms with Crippen LogP contribution in [0.5, 0.6) is 0 Å². The van der Waals surface area contributed by atoms with Crippen molar-refractivity contribution in [1.82, 2.24) is 4.31 Å². The van der Waals surface area contributed by atoms with Crippen molar-refractivity contribution in [1.29, 1.82) is 0 Å². The molecule has 4 heteroatoms. The third kappa shape index (κ3) is 5.60. The first kappa shape index (κ1) is 13.9. The molecule has 0 aromatic heterocycles. The normalized spacial score (nSPS) is 13.1. The average molecular weight is 221 g/mol. The maximum Gasteiger partial charge on any atom is 0.213 e. The highest BCUT2D eigenvalue weighted by atomic mass is 32.2. The van der Waals surface area contributed by atoms with Gasteiger partial charge < -0.3 is 0 Å². The second kappa shape index (κ2) is 5.71. The van der Waals surface area contributed by atoms with Crippen LogP contribution in [0.15, 0.2) is 0 Å². The number of rotatable bonds is 6. The predicted octanol–water partition coefficient (Wildman–Crippen LogP) is 1.95. The lowest BCUT2D eigenvalue weighted by Crippen LogP contribution is -2.32. The average Bonchev–Trinajstić information content (AvgIpc) is 1.99. The molecule has 0 rings (SSSR count). The Bertz CT molecular complexity index is 245. The molecular formula is C10H23NO2S. The lowest BCUT2D eigenvalue weighted by Gasteiger charge is -2.19. The molecule has 0 aromatic rings. The van der Waals surface area contributed by atoms with E-state index in [1.54, 1.807) is 7.05 Å².